The van der Waals surface area contributed by atoms with Crippen LogP contribution in [0.25, 0.3) is 0 Å². The fourth-order valence-corrected chi connectivity index (χ4v) is 2.85. The van der Waals surface area contributed by atoms with Crippen LogP contribution in [0.4, 0.5) is 5.69 Å². The minimum absolute atomic E-state index is 0.103. The van der Waals surface area contributed by atoms with Gasteiger partial charge in [-0.05, 0) is 59.0 Å². The summed E-state index contributed by atoms with van der Waals surface area (Å²) in [6, 6.07) is 8.84. The van der Waals surface area contributed by atoms with Gasteiger partial charge in [0.2, 0.25) is 0 Å². The SMILES string of the molecule is O=C(O)c1cc(NS(=O)(=O)c2ccc(I)cc2)ccn1. The van der Waals surface area contributed by atoms with Crippen molar-refractivity contribution in [2.24, 2.45) is 0 Å². The summed E-state index contributed by atoms with van der Waals surface area (Å²) >= 11 is 2.07. The van der Waals surface area contributed by atoms with Gasteiger partial charge in [-0.15, -0.1) is 0 Å². The molecule has 2 N–H and O–H groups in total. The van der Waals surface area contributed by atoms with Gasteiger partial charge < -0.3 is 5.11 Å². The summed E-state index contributed by atoms with van der Waals surface area (Å²) in [5, 5.41) is 8.81. The number of carbonyl (C=O) groups is 1. The van der Waals surface area contributed by atoms with E-state index in [1.54, 1.807) is 12.1 Å². The first-order valence-corrected chi connectivity index (χ1v) is 7.92. The zero-order valence-corrected chi connectivity index (χ0v) is 12.9. The molecule has 0 aliphatic rings. The molecule has 0 bridgehead atoms. The van der Waals surface area contributed by atoms with Crippen molar-refractivity contribution in [2.45, 2.75) is 4.90 Å². The highest BCUT2D eigenvalue weighted by Crippen LogP contribution is 2.17. The molecule has 1 aromatic heterocycles. The van der Waals surface area contributed by atoms with Crippen molar-refractivity contribution in [3.8, 4) is 0 Å². The lowest BCUT2D eigenvalue weighted by Crippen LogP contribution is -2.13. The van der Waals surface area contributed by atoms with Crippen molar-refractivity contribution in [2.75, 3.05) is 4.72 Å². The summed E-state index contributed by atoms with van der Waals surface area (Å²) in [4.78, 5) is 14.5. The van der Waals surface area contributed by atoms with E-state index in [0.29, 0.717) is 0 Å². The first kappa shape index (κ1) is 14.7. The smallest absolute Gasteiger partial charge is 0.354 e. The number of hydrogen-bond donors (Lipinski definition) is 2. The average molecular weight is 404 g/mol. The van der Waals surface area contributed by atoms with Crippen molar-refractivity contribution in [3.63, 3.8) is 0 Å². The fraction of sp³-hybridized carbons (Fsp3) is 0. The van der Waals surface area contributed by atoms with Gasteiger partial charge in [0.25, 0.3) is 10.0 Å². The van der Waals surface area contributed by atoms with Gasteiger partial charge in [0.05, 0.1) is 10.6 Å². The molecular weight excluding hydrogens is 395 g/mol. The van der Waals surface area contributed by atoms with E-state index in [1.807, 2.05) is 0 Å². The summed E-state index contributed by atoms with van der Waals surface area (Å²) in [6.45, 7) is 0. The molecule has 1 aromatic carbocycles. The van der Waals surface area contributed by atoms with Gasteiger partial charge in [-0.25, -0.2) is 18.2 Å². The molecule has 8 heteroatoms. The Bertz CT molecular complexity index is 744. The highest BCUT2D eigenvalue weighted by molar-refractivity contribution is 14.1. The number of hydrogen-bond acceptors (Lipinski definition) is 4. The van der Waals surface area contributed by atoms with Crippen LogP contribution in [0, 0.1) is 3.57 Å². The van der Waals surface area contributed by atoms with E-state index in [4.69, 9.17) is 5.11 Å². The molecule has 0 spiro atoms. The van der Waals surface area contributed by atoms with E-state index in [0.717, 1.165) is 9.64 Å². The first-order valence-electron chi connectivity index (χ1n) is 5.36. The molecule has 0 atom stereocenters. The fourth-order valence-electron chi connectivity index (χ4n) is 1.44. The Morgan fingerprint density at radius 3 is 2.45 bits per heavy atom. The molecule has 0 fully saturated rings. The third-order valence-corrected chi connectivity index (χ3v) is 4.47. The van der Waals surface area contributed by atoms with Crippen LogP contribution in [0.5, 0.6) is 0 Å². The van der Waals surface area contributed by atoms with Crippen LogP contribution in [0.1, 0.15) is 10.5 Å². The van der Waals surface area contributed by atoms with Crippen molar-refractivity contribution >= 4 is 44.3 Å². The standard InChI is InChI=1S/C12H9IN2O4S/c13-8-1-3-10(4-2-8)20(18,19)15-9-5-6-14-11(7-9)12(16)17/h1-7H,(H,14,15)(H,16,17). The number of nitrogens with zero attached hydrogens (tertiary/aromatic N) is 1. The van der Waals surface area contributed by atoms with Gasteiger partial charge in [-0.2, -0.15) is 0 Å². The minimum Gasteiger partial charge on any atom is -0.477 e. The number of aromatic carboxylic acids is 1. The van der Waals surface area contributed by atoms with Crippen molar-refractivity contribution in [1.82, 2.24) is 4.98 Å². The van der Waals surface area contributed by atoms with Gasteiger partial charge in [-0.1, -0.05) is 0 Å². The van der Waals surface area contributed by atoms with Crippen LogP contribution in [-0.4, -0.2) is 24.5 Å². The Labute approximate surface area is 129 Å². The lowest BCUT2D eigenvalue weighted by atomic mass is 10.3. The van der Waals surface area contributed by atoms with Gasteiger partial charge in [0, 0.05) is 9.77 Å². The number of halogens is 1. The van der Waals surface area contributed by atoms with E-state index in [9.17, 15) is 13.2 Å². The number of nitrogens with one attached hydrogen (secondary N) is 1. The van der Waals surface area contributed by atoms with Crippen LogP contribution >= 0.6 is 22.6 Å². The molecule has 20 heavy (non-hydrogen) atoms. The van der Waals surface area contributed by atoms with Crippen LogP contribution in [-0.2, 0) is 10.0 Å². The normalized spacial score (nSPS) is 11.1. The minimum atomic E-state index is -3.75. The number of benzene rings is 1. The van der Waals surface area contributed by atoms with Gasteiger partial charge in [0.1, 0.15) is 5.69 Å². The Balaban J connectivity index is 2.31. The Morgan fingerprint density at radius 2 is 1.85 bits per heavy atom. The van der Waals surface area contributed by atoms with Crippen molar-refractivity contribution in [1.29, 1.82) is 0 Å². The van der Waals surface area contributed by atoms with Crippen LogP contribution < -0.4 is 4.72 Å². The molecule has 0 aliphatic heterocycles. The highest BCUT2D eigenvalue weighted by Gasteiger charge is 2.15. The predicted octanol–water partition coefficient (Wildman–Crippen LogP) is 2.19. The van der Waals surface area contributed by atoms with E-state index in [1.165, 1.54) is 24.4 Å². The lowest BCUT2D eigenvalue weighted by Gasteiger charge is -2.08. The van der Waals surface area contributed by atoms with Crippen molar-refractivity contribution in [3.05, 3.63) is 51.9 Å². The molecule has 0 amide bonds. The maximum atomic E-state index is 12.1. The van der Waals surface area contributed by atoms with Gasteiger partial charge >= 0.3 is 5.97 Å². The molecule has 0 saturated heterocycles. The maximum absolute atomic E-state index is 12.1. The largest absolute Gasteiger partial charge is 0.477 e. The number of anilines is 1. The Kier molecular flexibility index (Phi) is 4.23. The Morgan fingerprint density at radius 1 is 1.20 bits per heavy atom. The quantitative estimate of drug-likeness (QED) is 0.762. The number of rotatable bonds is 4. The predicted molar refractivity (Wildman–Crippen MR) is 81.2 cm³/mol. The molecule has 0 unspecified atom stereocenters. The van der Waals surface area contributed by atoms with Crippen LogP contribution in [0.15, 0.2) is 47.5 Å². The van der Waals surface area contributed by atoms with E-state index in [-0.39, 0.29) is 16.3 Å². The zero-order valence-electron chi connectivity index (χ0n) is 9.95. The second-order valence-corrected chi connectivity index (χ2v) is 6.72. The zero-order chi connectivity index (χ0) is 14.8. The molecule has 0 radical (unpaired) electrons. The third kappa shape index (κ3) is 3.45. The summed E-state index contributed by atoms with van der Waals surface area (Å²) < 4.78 is 27.5. The first-order chi connectivity index (χ1) is 9.38. The molecule has 6 nitrogen and oxygen atoms in total. The second-order valence-electron chi connectivity index (χ2n) is 3.79. The lowest BCUT2D eigenvalue weighted by molar-refractivity contribution is 0.0690. The Hall–Kier alpha value is -1.68. The van der Waals surface area contributed by atoms with Gasteiger partial charge in [-0.3, -0.25) is 4.72 Å². The molecule has 0 saturated carbocycles. The van der Waals surface area contributed by atoms with E-state index < -0.39 is 16.0 Å². The molecule has 1 heterocycles. The van der Waals surface area contributed by atoms with Crippen molar-refractivity contribution < 1.29 is 18.3 Å². The number of carboxylic acid groups (broad SMARTS) is 1. The molecule has 0 aliphatic carbocycles. The molecule has 2 rings (SSSR count). The highest BCUT2D eigenvalue weighted by atomic mass is 127. The molecular formula is C12H9IN2O4S. The number of aromatic nitrogens is 1. The second kappa shape index (κ2) is 5.75. The van der Waals surface area contributed by atoms with Gasteiger partial charge in [0.15, 0.2) is 0 Å². The van der Waals surface area contributed by atoms with E-state index in [2.05, 4.69) is 32.3 Å². The number of pyridine rings is 1. The molecule has 104 valence electrons. The van der Waals surface area contributed by atoms with E-state index >= 15 is 0 Å². The number of sulfonamides is 1. The summed E-state index contributed by atoms with van der Waals surface area (Å²) in [7, 11) is -3.75. The number of carboxylic acids is 1. The topological polar surface area (TPSA) is 96.4 Å². The third-order valence-electron chi connectivity index (χ3n) is 2.36. The van der Waals surface area contributed by atoms with Crippen LogP contribution in [0.2, 0.25) is 0 Å². The van der Waals surface area contributed by atoms with Crippen LogP contribution in [0.3, 0.4) is 0 Å². The summed E-state index contributed by atoms with van der Waals surface area (Å²) in [6.07, 6.45) is 1.23. The molecule has 2 aromatic rings. The summed E-state index contributed by atoms with van der Waals surface area (Å²) in [5.74, 6) is -1.22. The summed E-state index contributed by atoms with van der Waals surface area (Å²) in [5.41, 5.74) is -0.0799. The monoisotopic (exact) mass is 404 g/mol. The average Bonchev–Trinajstić information content (AvgIpc) is 2.39. The maximum Gasteiger partial charge on any atom is 0.354 e.